The molecule has 0 radical (unpaired) electrons. The van der Waals surface area contributed by atoms with Gasteiger partial charge in [0, 0.05) is 38.3 Å². The lowest BCUT2D eigenvalue weighted by Crippen LogP contribution is -2.47. The maximum absolute atomic E-state index is 12.6. The van der Waals surface area contributed by atoms with Gasteiger partial charge < -0.3 is 19.5 Å². The van der Waals surface area contributed by atoms with Gasteiger partial charge >= 0.3 is 5.69 Å². The minimum Gasteiger partial charge on any atom is -0.380 e. The van der Waals surface area contributed by atoms with Gasteiger partial charge in [0.1, 0.15) is 0 Å². The number of hydrogen-bond donors (Lipinski definition) is 1. The minimum atomic E-state index is -0.172. The number of amides is 1. The summed E-state index contributed by atoms with van der Waals surface area (Å²) >= 11 is 0. The second-order valence-corrected chi connectivity index (χ2v) is 6.11. The van der Waals surface area contributed by atoms with Gasteiger partial charge in [-0.15, -0.1) is 0 Å². The third kappa shape index (κ3) is 3.37. The molecule has 2 heterocycles. The predicted octanol–water partition coefficient (Wildman–Crippen LogP) is 0.754. The first kappa shape index (κ1) is 16.7. The number of hydrogen-bond acceptors (Lipinski definition) is 4. The van der Waals surface area contributed by atoms with Crippen LogP contribution in [-0.2, 0) is 11.3 Å². The molecule has 3 rings (SSSR count). The molecule has 1 amide bonds. The summed E-state index contributed by atoms with van der Waals surface area (Å²) in [5.41, 5.74) is 1.94. The molecular weight excluding hydrogens is 308 g/mol. The lowest BCUT2D eigenvalue weighted by atomic mass is 10.1. The van der Waals surface area contributed by atoms with Crippen molar-refractivity contribution < 1.29 is 9.53 Å². The van der Waals surface area contributed by atoms with Crippen LogP contribution < -0.4 is 5.69 Å². The van der Waals surface area contributed by atoms with Gasteiger partial charge in [-0.2, -0.15) is 0 Å². The lowest BCUT2D eigenvalue weighted by molar-refractivity contribution is 0.0664. The van der Waals surface area contributed by atoms with E-state index in [1.807, 2.05) is 17.9 Å². The summed E-state index contributed by atoms with van der Waals surface area (Å²) in [6.45, 7) is 6.79. The summed E-state index contributed by atoms with van der Waals surface area (Å²) in [5.74, 6) is 0.0212. The number of carbonyl (C=O) groups excluding carboxylic acids is 1. The molecule has 1 aromatic carbocycles. The van der Waals surface area contributed by atoms with Crippen molar-refractivity contribution >= 4 is 16.9 Å². The van der Waals surface area contributed by atoms with Crippen molar-refractivity contribution in [2.75, 3.05) is 46.4 Å². The van der Waals surface area contributed by atoms with Gasteiger partial charge in [0.15, 0.2) is 0 Å². The Morgan fingerprint density at radius 3 is 2.71 bits per heavy atom. The molecule has 1 aliphatic heterocycles. The fourth-order valence-electron chi connectivity index (χ4n) is 3.01. The van der Waals surface area contributed by atoms with Crippen molar-refractivity contribution in [2.24, 2.45) is 0 Å². The second kappa shape index (κ2) is 7.19. The molecule has 7 heteroatoms. The van der Waals surface area contributed by atoms with E-state index in [0.29, 0.717) is 30.8 Å². The third-order valence-electron chi connectivity index (χ3n) is 4.47. The van der Waals surface area contributed by atoms with Crippen LogP contribution in [0.3, 0.4) is 0 Å². The fourth-order valence-corrected chi connectivity index (χ4v) is 3.01. The minimum absolute atomic E-state index is 0.0212. The zero-order valence-corrected chi connectivity index (χ0v) is 14.2. The van der Waals surface area contributed by atoms with Gasteiger partial charge in [-0.3, -0.25) is 9.36 Å². The molecule has 0 aliphatic carbocycles. The second-order valence-electron chi connectivity index (χ2n) is 6.11. The summed E-state index contributed by atoms with van der Waals surface area (Å²) in [4.78, 5) is 31.7. The van der Waals surface area contributed by atoms with Gasteiger partial charge in [-0.1, -0.05) is 0 Å². The predicted molar refractivity (Wildman–Crippen MR) is 92.5 cm³/mol. The number of imidazole rings is 1. The number of piperazine rings is 1. The Morgan fingerprint density at radius 1 is 1.25 bits per heavy atom. The molecule has 24 heavy (non-hydrogen) atoms. The van der Waals surface area contributed by atoms with E-state index >= 15 is 0 Å². The van der Waals surface area contributed by atoms with Crippen molar-refractivity contribution in [3.05, 3.63) is 34.2 Å². The van der Waals surface area contributed by atoms with E-state index in [1.165, 1.54) is 0 Å². The SMILES string of the molecule is CCOCCn1c(=O)[nH]c2cc(C(=O)N3CCN(C)CC3)ccc21. The van der Waals surface area contributed by atoms with E-state index in [0.717, 1.165) is 31.7 Å². The van der Waals surface area contributed by atoms with E-state index in [-0.39, 0.29) is 11.6 Å². The lowest BCUT2D eigenvalue weighted by Gasteiger charge is -2.32. The van der Waals surface area contributed by atoms with E-state index < -0.39 is 0 Å². The van der Waals surface area contributed by atoms with E-state index in [4.69, 9.17) is 4.74 Å². The zero-order valence-electron chi connectivity index (χ0n) is 14.2. The van der Waals surface area contributed by atoms with Crippen LogP contribution in [0.1, 0.15) is 17.3 Å². The summed E-state index contributed by atoms with van der Waals surface area (Å²) in [5, 5.41) is 0. The largest absolute Gasteiger partial charge is 0.380 e. The number of aromatic nitrogens is 2. The first-order valence-corrected chi connectivity index (χ1v) is 8.38. The molecule has 1 fully saturated rings. The third-order valence-corrected chi connectivity index (χ3v) is 4.47. The monoisotopic (exact) mass is 332 g/mol. The number of aromatic amines is 1. The van der Waals surface area contributed by atoms with Crippen LogP contribution in [0.15, 0.2) is 23.0 Å². The Labute approximate surface area is 140 Å². The number of nitrogens with zero attached hydrogens (tertiary/aromatic N) is 3. The summed E-state index contributed by atoms with van der Waals surface area (Å²) in [7, 11) is 2.06. The van der Waals surface area contributed by atoms with Gasteiger partial charge in [0.2, 0.25) is 0 Å². The molecule has 0 spiro atoms. The average molecular weight is 332 g/mol. The smallest absolute Gasteiger partial charge is 0.326 e. The van der Waals surface area contributed by atoms with Crippen LogP contribution >= 0.6 is 0 Å². The number of rotatable bonds is 5. The highest BCUT2D eigenvalue weighted by Crippen LogP contribution is 2.15. The first-order valence-electron chi connectivity index (χ1n) is 8.38. The van der Waals surface area contributed by atoms with Crippen LogP contribution in [0, 0.1) is 0 Å². The Bertz CT molecular complexity index is 772. The topological polar surface area (TPSA) is 70.6 Å². The van der Waals surface area contributed by atoms with Crippen molar-refractivity contribution in [3.8, 4) is 0 Å². The maximum Gasteiger partial charge on any atom is 0.326 e. The molecule has 1 aromatic heterocycles. The quantitative estimate of drug-likeness (QED) is 0.821. The molecular formula is C17H24N4O3. The average Bonchev–Trinajstić information content (AvgIpc) is 2.90. The molecule has 1 aliphatic rings. The highest BCUT2D eigenvalue weighted by atomic mass is 16.5. The number of H-pyrrole nitrogens is 1. The summed E-state index contributed by atoms with van der Waals surface area (Å²) in [6, 6.07) is 5.41. The van der Waals surface area contributed by atoms with Crippen LogP contribution in [-0.4, -0.2) is 71.7 Å². The molecule has 0 atom stereocenters. The van der Waals surface area contributed by atoms with Crippen molar-refractivity contribution in [2.45, 2.75) is 13.5 Å². The number of ether oxygens (including phenoxy) is 1. The van der Waals surface area contributed by atoms with Crippen LogP contribution in [0.2, 0.25) is 0 Å². The van der Waals surface area contributed by atoms with Crippen molar-refractivity contribution in [1.29, 1.82) is 0 Å². The van der Waals surface area contributed by atoms with Crippen LogP contribution in [0.4, 0.5) is 0 Å². The van der Waals surface area contributed by atoms with Gasteiger partial charge in [-0.25, -0.2) is 4.79 Å². The molecule has 130 valence electrons. The molecule has 0 bridgehead atoms. The van der Waals surface area contributed by atoms with Gasteiger partial charge in [-0.05, 0) is 32.2 Å². The van der Waals surface area contributed by atoms with Crippen molar-refractivity contribution in [1.82, 2.24) is 19.4 Å². The van der Waals surface area contributed by atoms with Gasteiger partial charge in [0.05, 0.1) is 24.2 Å². The first-order chi connectivity index (χ1) is 11.6. The summed E-state index contributed by atoms with van der Waals surface area (Å²) < 4.78 is 6.97. The Morgan fingerprint density at radius 2 is 2.00 bits per heavy atom. The molecule has 2 aromatic rings. The number of fused-ring (bicyclic) bond motifs is 1. The molecule has 1 saturated heterocycles. The zero-order chi connectivity index (χ0) is 17.1. The number of nitrogens with one attached hydrogen (secondary N) is 1. The normalized spacial score (nSPS) is 16.0. The Kier molecular flexibility index (Phi) is 5.01. The fraction of sp³-hybridized carbons (Fsp3) is 0.529. The molecule has 0 unspecified atom stereocenters. The molecule has 7 nitrogen and oxygen atoms in total. The Balaban J connectivity index is 1.81. The van der Waals surface area contributed by atoms with Crippen LogP contribution in [0.5, 0.6) is 0 Å². The Hall–Kier alpha value is -2.12. The highest BCUT2D eigenvalue weighted by Gasteiger charge is 2.21. The van der Waals surface area contributed by atoms with E-state index in [1.54, 1.807) is 16.7 Å². The summed E-state index contributed by atoms with van der Waals surface area (Å²) in [6.07, 6.45) is 0. The molecule has 0 saturated carbocycles. The van der Waals surface area contributed by atoms with E-state index in [2.05, 4.69) is 16.9 Å². The van der Waals surface area contributed by atoms with Gasteiger partial charge in [0.25, 0.3) is 5.91 Å². The van der Waals surface area contributed by atoms with Crippen LogP contribution in [0.25, 0.3) is 11.0 Å². The maximum atomic E-state index is 12.6. The highest BCUT2D eigenvalue weighted by molar-refractivity contribution is 5.97. The number of benzene rings is 1. The molecule has 1 N–H and O–H groups in total. The number of likely N-dealkylation sites (N-methyl/N-ethyl adjacent to an activating group) is 1. The van der Waals surface area contributed by atoms with E-state index in [9.17, 15) is 9.59 Å². The number of carbonyl (C=O) groups is 1. The van der Waals surface area contributed by atoms with Crippen molar-refractivity contribution in [3.63, 3.8) is 0 Å². The standard InChI is InChI=1S/C17H24N4O3/c1-3-24-11-10-21-15-5-4-13(12-14(15)18-17(21)23)16(22)20-8-6-19(2)7-9-20/h4-5,12H,3,6-11H2,1-2H3,(H,18,23).